The molecule has 0 saturated heterocycles. The van der Waals surface area contributed by atoms with Crippen LogP contribution in [0.15, 0.2) is 42.5 Å². The summed E-state index contributed by atoms with van der Waals surface area (Å²) in [5.41, 5.74) is 2.91. The normalized spacial score (nSPS) is 15.6. The van der Waals surface area contributed by atoms with Crippen molar-refractivity contribution < 1.29 is 14.3 Å². The Morgan fingerprint density at radius 1 is 1.12 bits per heavy atom. The van der Waals surface area contributed by atoms with Gasteiger partial charge in [-0.05, 0) is 49.4 Å². The van der Waals surface area contributed by atoms with Crippen molar-refractivity contribution in [1.29, 1.82) is 0 Å². The largest absolute Gasteiger partial charge is 0.491 e. The molecule has 134 valence electrons. The molecule has 2 aliphatic rings. The molecule has 4 rings (SSSR count). The first-order valence-electron chi connectivity index (χ1n) is 9.08. The summed E-state index contributed by atoms with van der Waals surface area (Å²) >= 11 is 0. The van der Waals surface area contributed by atoms with Gasteiger partial charge in [0.2, 0.25) is 5.91 Å². The molecule has 0 aromatic heterocycles. The number of aryl methyl sites for hydroxylation is 1. The van der Waals surface area contributed by atoms with Gasteiger partial charge < -0.3 is 15.0 Å². The van der Waals surface area contributed by atoms with Crippen molar-refractivity contribution in [3.05, 3.63) is 53.6 Å². The van der Waals surface area contributed by atoms with Gasteiger partial charge in [-0.15, -0.1) is 0 Å². The molecule has 0 bridgehead atoms. The lowest BCUT2D eigenvalue weighted by molar-refractivity contribution is -0.119. The van der Waals surface area contributed by atoms with Crippen LogP contribution in [0.25, 0.3) is 0 Å². The molecular weight excluding hydrogens is 328 g/mol. The first-order valence-corrected chi connectivity index (χ1v) is 9.08. The zero-order valence-electron chi connectivity index (χ0n) is 14.8. The molecule has 0 unspecified atom stereocenters. The van der Waals surface area contributed by atoms with Crippen molar-refractivity contribution in [2.24, 2.45) is 5.92 Å². The van der Waals surface area contributed by atoms with E-state index in [1.165, 1.54) is 0 Å². The molecule has 2 aromatic carbocycles. The molecule has 1 aliphatic heterocycles. The summed E-state index contributed by atoms with van der Waals surface area (Å²) in [4.78, 5) is 26.9. The Hall–Kier alpha value is -2.82. The van der Waals surface area contributed by atoms with Crippen LogP contribution in [0.2, 0.25) is 0 Å². The molecule has 2 amide bonds. The second-order valence-electron chi connectivity index (χ2n) is 6.89. The van der Waals surface area contributed by atoms with Crippen molar-refractivity contribution in [1.82, 2.24) is 0 Å². The highest BCUT2D eigenvalue weighted by molar-refractivity contribution is 6.11. The van der Waals surface area contributed by atoms with Crippen LogP contribution in [-0.4, -0.2) is 25.5 Å². The Balaban J connectivity index is 1.60. The van der Waals surface area contributed by atoms with Crippen molar-refractivity contribution >= 4 is 23.2 Å². The van der Waals surface area contributed by atoms with Crippen LogP contribution in [0.5, 0.6) is 5.75 Å². The van der Waals surface area contributed by atoms with Crippen LogP contribution in [0.3, 0.4) is 0 Å². The van der Waals surface area contributed by atoms with Crippen molar-refractivity contribution in [2.45, 2.75) is 25.7 Å². The topological polar surface area (TPSA) is 58.6 Å². The molecule has 2 aromatic rings. The van der Waals surface area contributed by atoms with Crippen molar-refractivity contribution in [3.8, 4) is 5.75 Å². The van der Waals surface area contributed by atoms with Gasteiger partial charge in [0.25, 0.3) is 5.91 Å². The van der Waals surface area contributed by atoms with E-state index in [1.807, 2.05) is 36.4 Å². The summed E-state index contributed by atoms with van der Waals surface area (Å²) < 4.78 is 5.77. The number of anilines is 2. The van der Waals surface area contributed by atoms with E-state index in [0.717, 1.165) is 37.0 Å². The molecule has 0 atom stereocenters. The van der Waals surface area contributed by atoms with Crippen LogP contribution in [-0.2, 0) is 11.2 Å². The Labute approximate surface area is 153 Å². The molecule has 1 N–H and O–H groups in total. The minimum atomic E-state index is -0.237. The smallest absolute Gasteiger partial charge is 0.257 e. The van der Waals surface area contributed by atoms with E-state index >= 15 is 0 Å². The third-order valence-corrected chi connectivity index (χ3v) is 4.95. The molecule has 1 saturated carbocycles. The lowest BCUT2D eigenvalue weighted by atomic mass is 10.0. The zero-order valence-corrected chi connectivity index (χ0v) is 14.8. The van der Waals surface area contributed by atoms with Gasteiger partial charge in [-0.1, -0.05) is 24.3 Å². The molecule has 0 radical (unpaired) electrons. The van der Waals surface area contributed by atoms with Gasteiger partial charge in [0.1, 0.15) is 5.75 Å². The summed E-state index contributed by atoms with van der Waals surface area (Å²) in [6.07, 6.45) is 3.81. The van der Waals surface area contributed by atoms with Gasteiger partial charge in [-0.2, -0.15) is 0 Å². The summed E-state index contributed by atoms with van der Waals surface area (Å²) in [6.45, 7) is 0.662. The fraction of sp³-hybridized carbons (Fsp3) is 0.333. The van der Waals surface area contributed by atoms with E-state index in [1.54, 1.807) is 18.0 Å². The van der Waals surface area contributed by atoms with E-state index in [2.05, 4.69) is 5.32 Å². The highest BCUT2D eigenvalue weighted by Gasteiger charge is 2.33. The maximum Gasteiger partial charge on any atom is 0.257 e. The number of hydrogen-bond acceptors (Lipinski definition) is 3. The Morgan fingerprint density at radius 2 is 1.92 bits per heavy atom. The molecule has 1 aliphatic carbocycles. The lowest BCUT2D eigenvalue weighted by Gasteiger charge is -2.22. The quantitative estimate of drug-likeness (QED) is 0.916. The van der Waals surface area contributed by atoms with Crippen LogP contribution >= 0.6 is 0 Å². The molecule has 1 heterocycles. The predicted molar refractivity (Wildman–Crippen MR) is 101 cm³/mol. The number of nitrogens with one attached hydrogen (secondary N) is 1. The van der Waals surface area contributed by atoms with E-state index < -0.39 is 0 Å². The maximum atomic E-state index is 12.9. The third-order valence-electron chi connectivity index (χ3n) is 4.95. The van der Waals surface area contributed by atoms with Crippen LogP contribution in [0.1, 0.15) is 35.2 Å². The number of ether oxygens (including phenoxy) is 1. The zero-order chi connectivity index (χ0) is 18.1. The van der Waals surface area contributed by atoms with E-state index in [0.29, 0.717) is 23.5 Å². The first kappa shape index (κ1) is 16.6. The molecular formula is C21H22N2O3. The number of rotatable bonds is 4. The summed E-state index contributed by atoms with van der Waals surface area (Å²) in [6, 6.07) is 13.0. The number of carbonyl (C=O) groups is 2. The van der Waals surface area contributed by atoms with Gasteiger partial charge >= 0.3 is 0 Å². The highest BCUT2D eigenvalue weighted by Crippen LogP contribution is 2.35. The van der Waals surface area contributed by atoms with Gasteiger partial charge in [-0.25, -0.2) is 0 Å². The second kappa shape index (κ2) is 6.83. The average Bonchev–Trinajstić information content (AvgIpc) is 3.52. The number of benzene rings is 2. The number of fused-ring (bicyclic) bond motifs is 1. The summed E-state index contributed by atoms with van der Waals surface area (Å²) in [7, 11) is 1.74. The number of hydrogen-bond donors (Lipinski definition) is 1. The average molecular weight is 350 g/mol. The summed E-state index contributed by atoms with van der Waals surface area (Å²) in [5.74, 6) is 0.696. The predicted octanol–water partition coefficient (Wildman–Crippen LogP) is 3.64. The molecule has 5 heteroatoms. The van der Waals surface area contributed by atoms with Crippen LogP contribution in [0.4, 0.5) is 11.4 Å². The minimum Gasteiger partial charge on any atom is -0.491 e. The third kappa shape index (κ3) is 3.17. The highest BCUT2D eigenvalue weighted by atomic mass is 16.5. The van der Waals surface area contributed by atoms with Crippen molar-refractivity contribution in [2.75, 3.05) is 23.9 Å². The fourth-order valence-electron chi connectivity index (χ4n) is 3.36. The van der Waals surface area contributed by atoms with Gasteiger partial charge in [0, 0.05) is 13.0 Å². The van der Waals surface area contributed by atoms with Crippen molar-refractivity contribution in [3.63, 3.8) is 0 Å². The maximum absolute atomic E-state index is 12.9. The number of carbonyl (C=O) groups excluding carboxylic acids is 2. The van der Waals surface area contributed by atoms with Crippen LogP contribution < -0.4 is 15.0 Å². The number of para-hydroxylation sites is 2. The molecule has 26 heavy (non-hydrogen) atoms. The fourth-order valence-corrected chi connectivity index (χ4v) is 3.36. The van der Waals surface area contributed by atoms with Gasteiger partial charge in [0.05, 0.1) is 23.5 Å². The first-order chi connectivity index (χ1) is 12.6. The number of nitrogens with zero attached hydrogens (tertiary/aromatic N) is 1. The summed E-state index contributed by atoms with van der Waals surface area (Å²) in [5, 5.41) is 2.96. The van der Waals surface area contributed by atoms with Crippen LogP contribution in [0, 0.1) is 5.92 Å². The second-order valence-corrected chi connectivity index (χ2v) is 6.89. The van der Waals surface area contributed by atoms with E-state index in [4.69, 9.17) is 4.74 Å². The van der Waals surface area contributed by atoms with Gasteiger partial charge in [-0.3, -0.25) is 9.59 Å². The monoisotopic (exact) mass is 350 g/mol. The Bertz CT molecular complexity index is 858. The van der Waals surface area contributed by atoms with E-state index in [9.17, 15) is 9.59 Å². The Morgan fingerprint density at radius 3 is 2.73 bits per heavy atom. The minimum absolute atomic E-state index is 0.0747. The lowest BCUT2D eigenvalue weighted by Crippen LogP contribution is -2.30. The SMILES string of the molecule is CN(C(=O)C1CC1)c1ccccc1C(=O)Nc1cccc2c1OCCC2. The molecule has 1 fully saturated rings. The van der Waals surface area contributed by atoms with E-state index in [-0.39, 0.29) is 17.7 Å². The molecule has 0 spiro atoms. The molecule has 5 nitrogen and oxygen atoms in total. The van der Waals surface area contributed by atoms with Gasteiger partial charge in [0.15, 0.2) is 0 Å². The standard InChI is InChI=1S/C21H22N2O3/c1-23(21(25)15-11-12-15)18-10-3-2-8-16(18)20(24)22-17-9-4-6-14-7-5-13-26-19(14)17/h2-4,6,8-10,15H,5,7,11-13H2,1H3,(H,22,24). The number of amides is 2. The Kier molecular flexibility index (Phi) is 4.37.